The molecule has 0 N–H and O–H groups in total. The van der Waals surface area contributed by atoms with Gasteiger partial charge in [-0.2, -0.15) is 0 Å². The van der Waals surface area contributed by atoms with Gasteiger partial charge in [0.15, 0.2) is 0 Å². The summed E-state index contributed by atoms with van der Waals surface area (Å²) in [6.45, 7) is 10.1. The van der Waals surface area contributed by atoms with Gasteiger partial charge < -0.3 is 9.64 Å². The summed E-state index contributed by atoms with van der Waals surface area (Å²) in [6.07, 6.45) is 1.31. The number of hydrogen-bond donors (Lipinski definition) is 0. The van der Waals surface area contributed by atoms with Crippen LogP contribution >= 0.6 is 17.0 Å². The third-order valence-electron chi connectivity index (χ3n) is 5.46. The van der Waals surface area contributed by atoms with Crippen molar-refractivity contribution in [2.75, 3.05) is 18.1 Å². The molecular formula is C21H28BrNO2. The van der Waals surface area contributed by atoms with E-state index in [4.69, 9.17) is 4.74 Å². The second kappa shape index (κ2) is 7.77. The minimum atomic E-state index is -0.0951. The monoisotopic (exact) mass is 405 g/mol. The van der Waals surface area contributed by atoms with Gasteiger partial charge in [0.2, 0.25) is 0 Å². The predicted octanol–water partition coefficient (Wildman–Crippen LogP) is 5.25. The lowest BCUT2D eigenvalue weighted by Gasteiger charge is -2.31. The standard InChI is InChI=1S/C21H27NO2.BrH/c1-5-24-19(23)11-8-14-22-15(2)21(3,4)20-17-10-7-6-9-16(17)12-13-18(20)22;/h6-7,9-10,12-13,15H,5,8,11,14H2,1-4H3;1H. The molecular weight excluding hydrogens is 378 g/mol. The quantitative estimate of drug-likeness (QED) is 0.636. The molecule has 0 spiro atoms. The van der Waals surface area contributed by atoms with Crippen molar-refractivity contribution in [2.45, 2.75) is 52.0 Å². The summed E-state index contributed by atoms with van der Waals surface area (Å²) in [5.74, 6) is -0.0951. The summed E-state index contributed by atoms with van der Waals surface area (Å²) in [5, 5.41) is 2.64. The lowest BCUT2D eigenvalue weighted by atomic mass is 9.79. The van der Waals surface area contributed by atoms with Gasteiger partial charge in [-0.15, -0.1) is 17.0 Å². The van der Waals surface area contributed by atoms with E-state index in [2.05, 4.69) is 62.1 Å². The number of fused-ring (bicyclic) bond motifs is 3. The summed E-state index contributed by atoms with van der Waals surface area (Å²) in [5.41, 5.74) is 2.83. The van der Waals surface area contributed by atoms with Crippen LogP contribution in [0.25, 0.3) is 10.8 Å². The van der Waals surface area contributed by atoms with Gasteiger partial charge >= 0.3 is 5.97 Å². The summed E-state index contributed by atoms with van der Waals surface area (Å²) >= 11 is 0. The second-order valence-electron chi connectivity index (χ2n) is 7.18. The molecule has 0 fully saturated rings. The summed E-state index contributed by atoms with van der Waals surface area (Å²) in [7, 11) is 0. The maximum atomic E-state index is 11.6. The Kier molecular flexibility index (Phi) is 6.15. The Bertz CT molecular complexity index is 757. The molecule has 1 aliphatic heterocycles. The van der Waals surface area contributed by atoms with Crippen LogP contribution in [0.1, 0.15) is 46.1 Å². The third kappa shape index (κ3) is 3.55. The largest absolute Gasteiger partial charge is 0.466 e. The van der Waals surface area contributed by atoms with E-state index >= 15 is 0 Å². The number of nitrogens with zero attached hydrogens (tertiary/aromatic N) is 1. The molecule has 1 heterocycles. The zero-order valence-electron chi connectivity index (χ0n) is 15.5. The van der Waals surface area contributed by atoms with Gasteiger partial charge in [-0.3, -0.25) is 4.79 Å². The molecule has 1 aliphatic rings. The lowest BCUT2D eigenvalue weighted by Crippen LogP contribution is -2.39. The number of halogens is 1. The van der Waals surface area contributed by atoms with Crippen LogP contribution in [0.2, 0.25) is 0 Å². The Morgan fingerprint density at radius 1 is 1.20 bits per heavy atom. The average Bonchev–Trinajstić information content (AvgIpc) is 2.76. The fourth-order valence-corrected chi connectivity index (χ4v) is 3.92. The number of hydrogen-bond acceptors (Lipinski definition) is 3. The van der Waals surface area contributed by atoms with E-state index in [1.807, 2.05) is 6.92 Å². The van der Waals surface area contributed by atoms with Crippen molar-refractivity contribution in [1.29, 1.82) is 0 Å². The predicted molar refractivity (Wildman–Crippen MR) is 110 cm³/mol. The maximum absolute atomic E-state index is 11.6. The number of rotatable bonds is 5. The van der Waals surface area contributed by atoms with Crippen LogP contribution in [-0.4, -0.2) is 25.2 Å². The summed E-state index contributed by atoms with van der Waals surface area (Å²) in [6, 6.07) is 13.5. The highest BCUT2D eigenvalue weighted by atomic mass is 79.9. The van der Waals surface area contributed by atoms with E-state index in [1.165, 1.54) is 22.0 Å². The van der Waals surface area contributed by atoms with Gasteiger partial charge in [0.05, 0.1) is 6.61 Å². The second-order valence-corrected chi connectivity index (χ2v) is 7.18. The van der Waals surface area contributed by atoms with Crippen LogP contribution in [-0.2, 0) is 14.9 Å². The topological polar surface area (TPSA) is 29.5 Å². The van der Waals surface area contributed by atoms with Crippen molar-refractivity contribution in [3.8, 4) is 0 Å². The minimum absolute atomic E-state index is 0. The van der Waals surface area contributed by atoms with Crippen molar-refractivity contribution in [2.24, 2.45) is 0 Å². The molecule has 1 unspecified atom stereocenters. The van der Waals surface area contributed by atoms with Crippen LogP contribution in [0.5, 0.6) is 0 Å². The van der Waals surface area contributed by atoms with E-state index in [9.17, 15) is 4.79 Å². The first-order valence-corrected chi connectivity index (χ1v) is 8.91. The summed E-state index contributed by atoms with van der Waals surface area (Å²) < 4.78 is 5.04. The molecule has 0 bridgehead atoms. The first-order valence-electron chi connectivity index (χ1n) is 8.91. The van der Waals surface area contributed by atoms with Crippen LogP contribution in [0.4, 0.5) is 5.69 Å². The number of ether oxygens (including phenoxy) is 1. The number of anilines is 1. The fraction of sp³-hybridized carbons (Fsp3) is 0.476. The van der Waals surface area contributed by atoms with Gasteiger partial charge in [0.1, 0.15) is 0 Å². The number of esters is 1. The van der Waals surface area contributed by atoms with E-state index in [-0.39, 0.29) is 28.4 Å². The molecule has 25 heavy (non-hydrogen) atoms. The number of carbonyl (C=O) groups excluding carboxylic acids is 1. The van der Waals surface area contributed by atoms with E-state index in [0.717, 1.165) is 13.0 Å². The van der Waals surface area contributed by atoms with Crippen LogP contribution < -0.4 is 4.90 Å². The molecule has 1 atom stereocenters. The van der Waals surface area contributed by atoms with Gasteiger partial charge in [-0.1, -0.05) is 44.2 Å². The van der Waals surface area contributed by atoms with Crippen molar-refractivity contribution in [3.05, 3.63) is 42.0 Å². The molecule has 4 heteroatoms. The van der Waals surface area contributed by atoms with Gasteiger partial charge in [0, 0.05) is 30.1 Å². The highest BCUT2D eigenvalue weighted by Crippen LogP contribution is 2.48. The van der Waals surface area contributed by atoms with Crippen LogP contribution in [0.3, 0.4) is 0 Å². The van der Waals surface area contributed by atoms with E-state index in [1.54, 1.807) is 0 Å². The number of benzene rings is 2. The Morgan fingerprint density at radius 3 is 2.64 bits per heavy atom. The SMILES string of the molecule is Br.CCOC(=O)CCCN1c2ccc3ccccc3c2C(C)(C)C1C. The molecule has 3 rings (SSSR count). The normalized spacial score (nSPS) is 17.9. The van der Waals surface area contributed by atoms with Crippen LogP contribution in [0.15, 0.2) is 36.4 Å². The molecule has 0 radical (unpaired) electrons. The Balaban J connectivity index is 0.00000225. The lowest BCUT2D eigenvalue weighted by molar-refractivity contribution is -0.143. The molecule has 0 saturated carbocycles. The Hall–Kier alpha value is -1.55. The molecule has 3 nitrogen and oxygen atoms in total. The zero-order chi connectivity index (χ0) is 17.3. The average molecular weight is 406 g/mol. The third-order valence-corrected chi connectivity index (χ3v) is 5.46. The molecule has 0 aromatic heterocycles. The van der Waals surface area contributed by atoms with Crippen molar-refractivity contribution in [1.82, 2.24) is 0 Å². The van der Waals surface area contributed by atoms with Crippen molar-refractivity contribution < 1.29 is 9.53 Å². The first-order chi connectivity index (χ1) is 11.5. The molecule has 136 valence electrons. The molecule has 0 aliphatic carbocycles. The summed E-state index contributed by atoms with van der Waals surface area (Å²) in [4.78, 5) is 14.1. The smallest absolute Gasteiger partial charge is 0.305 e. The van der Waals surface area contributed by atoms with E-state index < -0.39 is 0 Å². The molecule has 0 saturated heterocycles. The van der Waals surface area contributed by atoms with Gasteiger partial charge in [-0.25, -0.2) is 0 Å². The Labute approximate surface area is 161 Å². The van der Waals surface area contributed by atoms with Crippen LogP contribution in [0, 0.1) is 0 Å². The zero-order valence-corrected chi connectivity index (χ0v) is 17.3. The Morgan fingerprint density at radius 2 is 1.92 bits per heavy atom. The fourth-order valence-electron chi connectivity index (χ4n) is 3.92. The molecule has 2 aromatic carbocycles. The maximum Gasteiger partial charge on any atom is 0.305 e. The molecule has 0 amide bonds. The van der Waals surface area contributed by atoms with Crippen molar-refractivity contribution in [3.63, 3.8) is 0 Å². The number of carbonyl (C=O) groups is 1. The van der Waals surface area contributed by atoms with Crippen molar-refractivity contribution >= 4 is 39.4 Å². The highest BCUT2D eigenvalue weighted by Gasteiger charge is 2.42. The minimum Gasteiger partial charge on any atom is -0.466 e. The highest BCUT2D eigenvalue weighted by molar-refractivity contribution is 8.93. The van der Waals surface area contributed by atoms with Gasteiger partial charge in [0.25, 0.3) is 0 Å². The molecule has 2 aromatic rings. The van der Waals surface area contributed by atoms with Gasteiger partial charge in [-0.05, 0) is 42.7 Å². The van der Waals surface area contributed by atoms with E-state index in [0.29, 0.717) is 19.1 Å². The first kappa shape index (κ1) is 19.8.